The summed E-state index contributed by atoms with van der Waals surface area (Å²) in [6.07, 6.45) is 0. The fourth-order valence-electron chi connectivity index (χ4n) is 1.98. The number of hydrogen-bond donors (Lipinski definition) is 2. The Hall–Kier alpha value is -3.09. The largest absolute Gasteiger partial charge is 0.495 e. The molecule has 0 radical (unpaired) electrons. The van der Waals surface area contributed by atoms with Crippen LogP contribution in [0.4, 0.5) is 0 Å². The zero-order valence-electron chi connectivity index (χ0n) is 14.1. The number of aryl methyl sites for hydroxylation is 1. The van der Waals surface area contributed by atoms with E-state index in [4.69, 9.17) is 14.7 Å². The van der Waals surface area contributed by atoms with Gasteiger partial charge in [-0.2, -0.15) is 5.26 Å². The van der Waals surface area contributed by atoms with Crippen molar-refractivity contribution in [2.45, 2.75) is 11.8 Å². The van der Waals surface area contributed by atoms with Crippen molar-refractivity contribution in [1.82, 2.24) is 10.3 Å². The van der Waals surface area contributed by atoms with Crippen molar-refractivity contribution in [3.63, 3.8) is 0 Å². The van der Waals surface area contributed by atoms with Crippen LogP contribution in [0, 0.1) is 18.3 Å². The first-order chi connectivity index (χ1) is 12.4. The summed E-state index contributed by atoms with van der Waals surface area (Å²) >= 11 is 0. The third-order valence-electron chi connectivity index (χ3n) is 3.29. The Morgan fingerprint density at radius 2 is 1.88 bits per heavy atom. The van der Waals surface area contributed by atoms with E-state index in [9.17, 15) is 13.2 Å². The lowest BCUT2D eigenvalue weighted by atomic mass is 10.2. The SMILES string of the molecule is COc1ccc(C)cc1S(=O)(=O)NNC(=O)COc1ccc(C#N)cc1. The number of amides is 1. The van der Waals surface area contributed by atoms with E-state index in [1.54, 1.807) is 25.1 Å². The van der Waals surface area contributed by atoms with E-state index in [2.05, 4.69) is 5.43 Å². The van der Waals surface area contributed by atoms with Crippen molar-refractivity contribution in [2.24, 2.45) is 0 Å². The highest BCUT2D eigenvalue weighted by atomic mass is 32.2. The molecule has 0 bridgehead atoms. The summed E-state index contributed by atoms with van der Waals surface area (Å²) in [5.41, 5.74) is 3.26. The van der Waals surface area contributed by atoms with Gasteiger partial charge in [0, 0.05) is 0 Å². The first-order valence-corrected chi connectivity index (χ1v) is 8.92. The van der Waals surface area contributed by atoms with Crippen LogP contribution in [0.5, 0.6) is 11.5 Å². The molecule has 1 amide bonds. The van der Waals surface area contributed by atoms with Crippen LogP contribution in [0.3, 0.4) is 0 Å². The Bertz CT molecular complexity index is 934. The third-order valence-corrected chi connectivity index (χ3v) is 4.56. The van der Waals surface area contributed by atoms with Gasteiger partial charge in [-0.15, -0.1) is 4.83 Å². The first kappa shape index (κ1) is 19.2. The van der Waals surface area contributed by atoms with Gasteiger partial charge in [0.15, 0.2) is 6.61 Å². The molecule has 0 aliphatic rings. The second-order valence-electron chi connectivity index (χ2n) is 5.23. The smallest absolute Gasteiger partial charge is 0.272 e. The molecule has 2 rings (SSSR count). The highest BCUT2D eigenvalue weighted by Gasteiger charge is 2.20. The zero-order valence-corrected chi connectivity index (χ0v) is 15.0. The molecule has 26 heavy (non-hydrogen) atoms. The van der Waals surface area contributed by atoms with Gasteiger partial charge in [-0.3, -0.25) is 10.2 Å². The van der Waals surface area contributed by atoms with E-state index in [0.717, 1.165) is 5.56 Å². The molecule has 9 heteroatoms. The number of nitriles is 1. The van der Waals surface area contributed by atoms with E-state index in [0.29, 0.717) is 11.3 Å². The average molecular weight is 375 g/mol. The molecular formula is C17H17N3O5S. The summed E-state index contributed by atoms with van der Waals surface area (Å²) in [5.74, 6) is -0.155. The quantitative estimate of drug-likeness (QED) is 0.704. The Labute approximate surface area is 151 Å². The van der Waals surface area contributed by atoms with Crippen molar-refractivity contribution in [3.8, 4) is 17.6 Å². The first-order valence-electron chi connectivity index (χ1n) is 7.44. The fourth-order valence-corrected chi connectivity index (χ4v) is 3.10. The van der Waals surface area contributed by atoms with Gasteiger partial charge < -0.3 is 9.47 Å². The Morgan fingerprint density at radius 3 is 2.50 bits per heavy atom. The van der Waals surface area contributed by atoms with E-state index in [-0.39, 0.29) is 10.6 Å². The Kier molecular flexibility index (Phi) is 6.16. The van der Waals surface area contributed by atoms with Crippen LogP contribution in [0.15, 0.2) is 47.4 Å². The monoisotopic (exact) mass is 375 g/mol. The lowest BCUT2D eigenvalue weighted by Crippen LogP contribution is -2.43. The molecule has 136 valence electrons. The van der Waals surface area contributed by atoms with Crippen LogP contribution < -0.4 is 19.7 Å². The van der Waals surface area contributed by atoms with Crippen molar-refractivity contribution >= 4 is 15.9 Å². The number of methoxy groups -OCH3 is 1. The molecule has 2 aromatic carbocycles. The summed E-state index contributed by atoms with van der Waals surface area (Å²) < 4.78 is 34.9. The molecule has 0 unspecified atom stereocenters. The number of nitrogens with one attached hydrogen (secondary N) is 2. The predicted octanol–water partition coefficient (Wildman–Crippen LogP) is 1.26. The maximum atomic E-state index is 12.3. The number of rotatable bonds is 7. The van der Waals surface area contributed by atoms with E-state index >= 15 is 0 Å². The minimum atomic E-state index is -4.01. The van der Waals surface area contributed by atoms with E-state index in [1.807, 2.05) is 10.9 Å². The molecule has 0 saturated heterocycles. The number of sulfonamides is 1. The average Bonchev–Trinajstić information content (AvgIpc) is 2.65. The molecule has 8 nitrogen and oxygen atoms in total. The standard InChI is InChI=1S/C17H17N3O5S/c1-12-3-8-15(24-2)16(9-12)26(22,23)20-19-17(21)11-25-14-6-4-13(10-18)5-7-14/h3-9,20H,11H2,1-2H3,(H,19,21). The van der Waals surface area contributed by atoms with Gasteiger partial charge in [0.1, 0.15) is 16.4 Å². The Balaban J connectivity index is 1.95. The molecule has 0 aliphatic heterocycles. The van der Waals surface area contributed by atoms with Crippen LogP contribution in [-0.2, 0) is 14.8 Å². The summed E-state index contributed by atoms with van der Waals surface area (Å²) in [4.78, 5) is 13.7. The molecule has 0 spiro atoms. The molecule has 0 aliphatic carbocycles. The van der Waals surface area contributed by atoms with Crippen LogP contribution in [0.25, 0.3) is 0 Å². The lowest BCUT2D eigenvalue weighted by molar-refractivity contribution is -0.123. The number of benzene rings is 2. The number of ether oxygens (including phenoxy) is 2. The van der Waals surface area contributed by atoms with Crippen molar-refractivity contribution in [3.05, 3.63) is 53.6 Å². The summed E-state index contributed by atoms with van der Waals surface area (Å²) in [6.45, 7) is 1.34. The molecule has 0 heterocycles. The van der Waals surface area contributed by atoms with Crippen molar-refractivity contribution < 1.29 is 22.7 Å². The molecule has 0 saturated carbocycles. The second-order valence-corrected chi connectivity index (χ2v) is 6.88. The number of hydrogen-bond acceptors (Lipinski definition) is 6. The Morgan fingerprint density at radius 1 is 1.19 bits per heavy atom. The number of carbonyl (C=O) groups excluding carboxylic acids is 1. The highest BCUT2D eigenvalue weighted by molar-refractivity contribution is 7.89. The maximum Gasteiger partial charge on any atom is 0.272 e. The van der Waals surface area contributed by atoms with Crippen LogP contribution in [0.2, 0.25) is 0 Å². The minimum absolute atomic E-state index is 0.0895. The van der Waals surface area contributed by atoms with Gasteiger partial charge in [-0.1, -0.05) is 6.07 Å². The van der Waals surface area contributed by atoms with Crippen LogP contribution in [0.1, 0.15) is 11.1 Å². The maximum absolute atomic E-state index is 12.3. The van der Waals surface area contributed by atoms with Gasteiger partial charge >= 0.3 is 0 Å². The topological polar surface area (TPSA) is 118 Å². The van der Waals surface area contributed by atoms with Gasteiger partial charge in [-0.05, 0) is 48.9 Å². The van der Waals surface area contributed by atoms with Crippen LogP contribution >= 0.6 is 0 Å². The molecule has 2 N–H and O–H groups in total. The number of nitrogens with zero attached hydrogens (tertiary/aromatic N) is 1. The van der Waals surface area contributed by atoms with Gasteiger partial charge in [0.05, 0.1) is 18.7 Å². The van der Waals surface area contributed by atoms with Gasteiger partial charge in [-0.25, -0.2) is 8.42 Å². The van der Waals surface area contributed by atoms with Gasteiger partial charge in [0.25, 0.3) is 15.9 Å². The summed E-state index contributed by atoms with van der Waals surface area (Å²) in [5, 5.41) is 8.71. The van der Waals surface area contributed by atoms with E-state index in [1.165, 1.54) is 31.4 Å². The van der Waals surface area contributed by atoms with Gasteiger partial charge in [0.2, 0.25) is 0 Å². The summed E-state index contributed by atoms with van der Waals surface area (Å²) in [7, 11) is -2.66. The molecule has 0 fully saturated rings. The lowest BCUT2D eigenvalue weighted by Gasteiger charge is -2.12. The molecular weight excluding hydrogens is 358 g/mol. The highest BCUT2D eigenvalue weighted by Crippen LogP contribution is 2.24. The van der Waals surface area contributed by atoms with E-state index < -0.39 is 22.5 Å². The predicted molar refractivity (Wildman–Crippen MR) is 92.8 cm³/mol. The normalized spacial score (nSPS) is 10.7. The fraction of sp³-hybridized carbons (Fsp3) is 0.176. The second kappa shape index (κ2) is 8.33. The van der Waals surface area contributed by atoms with Crippen molar-refractivity contribution in [1.29, 1.82) is 5.26 Å². The third kappa shape index (κ3) is 4.95. The van der Waals surface area contributed by atoms with Crippen molar-refractivity contribution in [2.75, 3.05) is 13.7 Å². The molecule has 0 aromatic heterocycles. The van der Waals surface area contributed by atoms with Crippen LogP contribution in [-0.4, -0.2) is 28.0 Å². The number of hydrazine groups is 1. The molecule has 0 atom stereocenters. The molecule has 2 aromatic rings. The number of carbonyl (C=O) groups is 1. The zero-order chi connectivity index (χ0) is 19.2. The summed E-state index contributed by atoms with van der Waals surface area (Å²) in [6, 6.07) is 12.8. The minimum Gasteiger partial charge on any atom is -0.495 e.